The van der Waals surface area contributed by atoms with Crippen molar-refractivity contribution < 1.29 is 13.6 Å². The summed E-state index contributed by atoms with van der Waals surface area (Å²) in [4.78, 5) is 12.3. The number of anilines is 1. The molecular formula is C13H12FNO2. The third-order valence-electron chi connectivity index (χ3n) is 2.41. The Balaban J connectivity index is 2.10. The summed E-state index contributed by atoms with van der Waals surface area (Å²) in [6.45, 7) is 0.517. The highest BCUT2D eigenvalue weighted by atomic mass is 19.1. The third-order valence-corrected chi connectivity index (χ3v) is 2.41. The summed E-state index contributed by atoms with van der Waals surface area (Å²) in [5.74, 6) is 0.603. The van der Waals surface area contributed by atoms with Gasteiger partial charge in [0.1, 0.15) is 5.82 Å². The van der Waals surface area contributed by atoms with Crippen LogP contribution in [0.2, 0.25) is 0 Å². The molecule has 0 fully saturated rings. The zero-order chi connectivity index (χ0) is 12.3. The molecule has 88 valence electrons. The van der Waals surface area contributed by atoms with Crippen molar-refractivity contribution in [2.45, 2.75) is 6.54 Å². The van der Waals surface area contributed by atoms with Crippen molar-refractivity contribution in [1.29, 1.82) is 0 Å². The maximum absolute atomic E-state index is 13.0. The van der Waals surface area contributed by atoms with Crippen LogP contribution in [0.4, 0.5) is 10.3 Å². The molecular weight excluding hydrogens is 221 g/mol. The van der Waals surface area contributed by atoms with E-state index in [9.17, 15) is 9.18 Å². The minimum absolute atomic E-state index is 0.260. The topological polar surface area (TPSA) is 33.5 Å². The second-order valence-electron chi connectivity index (χ2n) is 3.78. The van der Waals surface area contributed by atoms with Gasteiger partial charge in [-0.05, 0) is 23.8 Å². The number of halogens is 1. The van der Waals surface area contributed by atoms with Gasteiger partial charge in [0, 0.05) is 19.7 Å². The highest BCUT2D eigenvalue weighted by Crippen LogP contribution is 2.18. The Morgan fingerprint density at radius 3 is 2.82 bits per heavy atom. The monoisotopic (exact) mass is 233 g/mol. The van der Waals surface area contributed by atoms with Crippen molar-refractivity contribution in [1.82, 2.24) is 0 Å². The van der Waals surface area contributed by atoms with Crippen LogP contribution in [0.1, 0.15) is 16.1 Å². The Bertz CT molecular complexity index is 522. The number of hydrogen-bond acceptors (Lipinski definition) is 3. The van der Waals surface area contributed by atoms with E-state index in [1.165, 1.54) is 12.1 Å². The summed E-state index contributed by atoms with van der Waals surface area (Å²) in [6, 6.07) is 9.69. The Kier molecular flexibility index (Phi) is 3.23. The van der Waals surface area contributed by atoms with Crippen LogP contribution in [0.3, 0.4) is 0 Å². The molecule has 2 aromatic rings. The van der Waals surface area contributed by atoms with Crippen molar-refractivity contribution in [3.05, 3.63) is 53.5 Å². The first-order chi connectivity index (χ1) is 8.19. The maximum Gasteiger partial charge on any atom is 0.196 e. The molecule has 0 radical (unpaired) electrons. The van der Waals surface area contributed by atoms with Gasteiger partial charge in [-0.3, -0.25) is 4.79 Å². The molecule has 1 aromatic carbocycles. The van der Waals surface area contributed by atoms with E-state index in [1.807, 2.05) is 18.0 Å². The van der Waals surface area contributed by atoms with E-state index >= 15 is 0 Å². The van der Waals surface area contributed by atoms with E-state index in [4.69, 9.17) is 4.42 Å². The molecule has 0 aliphatic heterocycles. The van der Waals surface area contributed by atoms with Crippen molar-refractivity contribution in [3.63, 3.8) is 0 Å². The van der Waals surface area contributed by atoms with Crippen LogP contribution >= 0.6 is 0 Å². The Morgan fingerprint density at radius 2 is 2.18 bits per heavy atom. The summed E-state index contributed by atoms with van der Waals surface area (Å²) in [5, 5.41) is 0. The van der Waals surface area contributed by atoms with Gasteiger partial charge in [-0.25, -0.2) is 4.39 Å². The van der Waals surface area contributed by atoms with Crippen LogP contribution in [-0.2, 0) is 6.54 Å². The highest BCUT2D eigenvalue weighted by molar-refractivity contribution is 5.71. The van der Waals surface area contributed by atoms with Crippen LogP contribution < -0.4 is 4.90 Å². The lowest BCUT2D eigenvalue weighted by Gasteiger charge is -2.15. The van der Waals surface area contributed by atoms with Crippen molar-refractivity contribution in [2.75, 3.05) is 11.9 Å². The molecule has 0 saturated heterocycles. The molecule has 0 amide bonds. The van der Waals surface area contributed by atoms with Crippen molar-refractivity contribution >= 4 is 12.2 Å². The fourth-order valence-corrected chi connectivity index (χ4v) is 1.60. The number of carbonyl (C=O) groups is 1. The Labute approximate surface area is 98.5 Å². The largest absolute Gasteiger partial charge is 0.438 e. The molecule has 0 aliphatic rings. The van der Waals surface area contributed by atoms with E-state index in [-0.39, 0.29) is 11.6 Å². The lowest BCUT2D eigenvalue weighted by molar-refractivity contribution is 0.110. The fraction of sp³-hybridized carbons (Fsp3) is 0.154. The Hall–Kier alpha value is -2.10. The standard InChI is InChI=1S/C13H12FNO2/c1-15(13-6-5-12(9-16)17-13)8-10-3-2-4-11(14)7-10/h2-7,9H,8H2,1H3. The summed E-state index contributed by atoms with van der Waals surface area (Å²) in [7, 11) is 1.82. The van der Waals surface area contributed by atoms with Crippen molar-refractivity contribution in [2.24, 2.45) is 0 Å². The van der Waals surface area contributed by atoms with E-state index in [0.717, 1.165) is 5.56 Å². The molecule has 0 atom stereocenters. The number of hydrogen-bond donors (Lipinski definition) is 0. The van der Waals surface area contributed by atoms with Crippen LogP contribution in [0.5, 0.6) is 0 Å². The number of carbonyl (C=O) groups excluding carboxylic acids is 1. The number of furan rings is 1. The molecule has 1 heterocycles. The number of aldehydes is 1. The van der Waals surface area contributed by atoms with Gasteiger partial charge in [0.2, 0.25) is 0 Å². The second kappa shape index (κ2) is 4.82. The smallest absolute Gasteiger partial charge is 0.196 e. The Morgan fingerprint density at radius 1 is 1.35 bits per heavy atom. The van der Waals surface area contributed by atoms with Gasteiger partial charge < -0.3 is 9.32 Å². The predicted octanol–water partition coefficient (Wildman–Crippen LogP) is 2.87. The average Bonchev–Trinajstić information content (AvgIpc) is 2.77. The molecule has 2 rings (SSSR count). The first-order valence-electron chi connectivity index (χ1n) is 5.19. The first-order valence-corrected chi connectivity index (χ1v) is 5.19. The summed E-state index contributed by atoms with van der Waals surface area (Å²) in [5.41, 5.74) is 0.844. The van der Waals surface area contributed by atoms with Gasteiger partial charge in [0.05, 0.1) is 0 Å². The van der Waals surface area contributed by atoms with E-state index in [1.54, 1.807) is 18.2 Å². The molecule has 0 bridgehead atoms. The van der Waals surface area contributed by atoms with Gasteiger partial charge >= 0.3 is 0 Å². The van der Waals surface area contributed by atoms with Gasteiger partial charge in [-0.15, -0.1) is 0 Å². The molecule has 1 aromatic heterocycles. The minimum atomic E-state index is -0.260. The lowest BCUT2D eigenvalue weighted by Crippen LogP contribution is -2.15. The average molecular weight is 233 g/mol. The maximum atomic E-state index is 13.0. The summed E-state index contributed by atoms with van der Waals surface area (Å²) in [6.07, 6.45) is 0.652. The zero-order valence-electron chi connectivity index (χ0n) is 9.39. The molecule has 3 nitrogen and oxygen atoms in total. The van der Waals surface area contributed by atoms with E-state index < -0.39 is 0 Å². The number of rotatable bonds is 4. The fourth-order valence-electron chi connectivity index (χ4n) is 1.60. The molecule has 0 N–H and O–H groups in total. The highest BCUT2D eigenvalue weighted by Gasteiger charge is 2.07. The van der Waals surface area contributed by atoms with Gasteiger partial charge in [-0.1, -0.05) is 12.1 Å². The molecule has 0 saturated carbocycles. The lowest BCUT2D eigenvalue weighted by atomic mass is 10.2. The molecule has 0 aliphatic carbocycles. The molecule has 0 spiro atoms. The van der Waals surface area contributed by atoms with Gasteiger partial charge in [-0.2, -0.15) is 0 Å². The van der Waals surface area contributed by atoms with Crippen LogP contribution in [0.25, 0.3) is 0 Å². The zero-order valence-corrected chi connectivity index (χ0v) is 9.39. The summed E-state index contributed by atoms with van der Waals surface area (Å²) < 4.78 is 18.3. The van der Waals surface area contributed by atoms with Crippen LogP contribution in [0, 0.1) is 5.82 Å². The molecule has 4 heteroatoms. The minimum Gasteiger partial charge on any atom is -0.438 e. The van der Waals surface area contributed by atoms with Crippen molar-refractivity contribution in [3.8, 4) is 0 Å². The van der Waals surface area contributed by atoms with E-state index in [2.05, 4.69) is 0 Å². The number of benzene rings is 1. The van der Waals surface area contributed by atoms with Gasteiger partial charge in [0.15, 0.2) is 17.9 Å². The van der Waals surface area contributed by atoms with Crippen LogP contribution in [-0.4, -0.2) is 13.3 Å². The van der Waals surface area contributed by atoms with E-state index in [0.29, 0.717) is 18.7 Å². The normalized spacial score (nSPS) is 10.2. The quantitative estimate of drug-likeness (QED) is 0.761. The molecule has 0 unspecified atom stereocenters. The first kappa shape index (κ1) is 11.4. The summed E-state index contributed by atoms with van der Waals surface area (Å²) >= 11 is 0. The number of nitrogens with zero attached hydrogens (tertiary/aromatic N) is 1. The second-order valence-corrected chi connectivity index (χ2v) is 3.78. The predicted molar refractivity (Wildman–Crippen MR) is 62.6 cm³/mol. The van der Waals surface area contributed by atoms with Gasteiger partial charge in [0.25, 0.3) is 0 Å². The molecule has 17 heavy (non-hydrogen) atoms. The van der Waals surface area contributed by atoms with Crippen LogP contribution in [0.15, 0.2) is 40.8 Å². The SMILES string of the molecule is CN(Cc1cccc(F)c1)c1ccc(C=O)o1. The third kappa shape index (κ3) is 2.72.